The van der Waals surface area contributed by atoms with Crippen molar-refractivity contribution in [3.63, 3.8) is 0 Å². The molecule has 3 nitrogen and oxygen atoms in total. The first-order valence-corrected chi connectivity index (χ1v) is 7.64. The summed E-state index contributed by atoms with van der Waals surface area (Å²) in [6, 6.07) is 15.8. The summed E-state index contributed by atoms with van der Waals surface area (Å²) in [6.07, 6.45) is 0. The molecule has 2 heterocycles. The van der Waals surface area contributed by atoms with Crippen molar-refractivity contribution in [1.82, 2.24) is 4.90 Å². The highest BCUT2D eigenvalue weighted by Crippen LogP contribution is 2.56. The lowest BCUT2D eigenvalue weighted by molar-refractivity contribution is 0.0753. The van der Waals surface area contributed by atoms with Gasteiger partial charge in [-0.15, -0.1) is 11.8 Å². The summed E-state index contributed by atoms with van der Waals surface area (Å²) in [6.45, 7) is 0.770. The molecule has 1 atom stereocenters. The van der Waals surface area contributed by atoms with E-state index in [0.29, 0.717) is 0 Å². The molecule has 1 unspecified atom stereocenters. The fourth-order valence-corrected chi connectivity index (χ4v) is 4.85. The van der Waals surface area contributed by atoms with Crippen molar-refractivity contribution in [2.24, 2.45) is 0 Å². The maximum Gasteiger partial charge on any atom is 0.255 e. The van der Waals surface area contributed by atoms with E-state index in [-0.39, 0.29) is 5.91 Å². The number of fused-ring (bicyclic) bond motifs is 3. The van der Waals surface area contributed by atoms with Crippen LogP contribution in [0.4, 0.5) is 5.69 Å². The highest BCUT2D eigenvalue weighted by molar-refractivity contribution is 8.00. The van der Waals surface area contributed by atoms with Gasteiger partial charge in [0.25, 0.3) is 5.91 Å². The van der Waals surface area contributed by atoms with Crippen LogP contribution in [0.5, 0.6) is 0 Å². The maximum atomic E-state index is 12.6. The Labute approximate surface area is 121 Å². The van der Waals surface area contributed by atoms with E-state index >= 15 is 0 Å². The third kappa shape index (κ3) is 1.29. The standard InChI is InChI=1S/C16H14N2OS/c17-14-8-4-3-7-13(14)16-12-6-2-1-5-11(12)15(19)18(16)9-10-20-16/h1-8H,9-10,17H2. The number of rotatable bonds is 1. The molecule has 0 radical (unpaired) electrons. The Morgan fingerprint density at radius 2 is 1.75 bits per heavy atom. The van der Waals surface area contributed by atoms with Gasteiger partial charge in [-0.05, 0) is 12.1 Å². The molecule has 2 N–H and O–H groups in total. The molecule has 1 fully saturated rings. The first kappa shape index (κ1) is 11.9. The molecule has 0 bridgehead atoms. The van der Waals surface area contributed by atoms with Crippen LogP contribution in [0.2, 0.25) is 0 Å². The van der Waals surface area contributed by atoms with Crippen molar-refractivity contribution in [3.05, 3.63) is 65.2 Å². The molecule has 1 saturated heterocycles. The molecule has 4 heteroatoms. The van der Waals surface area contributed by atoms with Crippen LogP contribution in [-0.4, -0.2) is 23.1 Å². The molecule has 0 aliphatic carbocycles. The number of para-hydroxylation sites is 1. The summed E-state index contributed by atoms with van der Waals surface area (Å²) in [5.41, 5.74) is 9.86. The Bertz CT molecular complexity index is 715. The monoisotopic (exact) mass is 282 g/mol. The number of thioether (sulfide) groups is 1. The summed E-state index contributed by atoms with van der Waals surface area (Å²) >= 11 is 1.80. The van der Waals surface area contributed by atoms with E-state index in [4.69, 9.17) is 5.73 Å². The molecule has 4 rings (SSSR count). The molecule has 2 aromatic rings. The minimum Gasteiger partial charge on any atom is -0.398 e. The van der Waals surface area contributed by atoms with Crippen LogP contribution in [0.25, 0.3) is 0 Å². The van der Waals surface area contributed by atoms with Gasteiger partial charge in [-0.25, -0.2) is 0 Å². The Kier molecular flexibility index (Phi) is 2.39. The second kappa shape index (κ2) is 4.03. The van der Waals surface area contributed by atoms with Crippen LogP contribution in [-0.2, 0) is 4.87 Å². The van der Waals surface area contributed by atoms with Gasteiger partial charge in [-0.3, -0.25) is 4.79 Å². The lowest BCUT2D eigenvalue weighted by Crippen LogP contribution is -2.38. The molecule has 20 heavy (non-hydrogen) atoms. The number of hydrogen-bond donors (Lipinski definition) is 1. The largest absolute Gasteiger partial charge is 0.398 e. The van der Waals surface area contributed by atoms with Gasteiger partial charge < -0.3 is 10.6 Å². The van der Waals surface area contributed by atoms with E-state index in [0.717, 1.165) is 34.7 Å². The maximum absolute atomic E-state index is 12.6. The van der Waals surface area contributed by atoms with Crippen molar-refractivity contribution < 1.29 is 4.79 Å². The second-order valence-electron chi connectivity index (χ2n) is 5.08. The van der Waals surface area contributed by atoms with Gasteiger partial charge in [0.1, 0.15) is 4.87 Å². The molecule has 0 saturated carbocycles. The van der Waals surface area contributed by atoms with E-state index in [1.54, 1.807) is 11.8 Å². The third-order valence-electron chi connectivity index (χ3n) is 4.10. The number of carbonyl (C=O) groups is 1. The van der Waals surface area contributed by atoms with Crippen molar-refractivity contribution >= 4 is 23.4 Å². The highest BCUT2D eigenvalue weighted by atomic mass is 32.2. The van der Waals surface area contributed by atoms with E-state index < -0.39 is 4.87 Å². The number of anilines is 1. The summed E-state index contributed by atoms with van der Waals surface area (Å²) in [5.74, 6) is 1.06. The van der Waals surface area contributed by atoms with E-state index in [1.165, 1.54) is 0 Å². The fraction of sp³-hybridized carbons (Fsp3) is 0.188. The number of carbonyl (C=O) groups excluding carboxylic acids is 1. The summed E-state index contributed by atoms with van der Waals surface area (Å²) < 4.78 is 0. The smallest absolute Gasteiger partial charge is 0.255 e. The minimum absolute atomic E-state index is 0.119. The molecule has 2 aromatic carbocycles. The topological polar surface area (TPSA) is 46.3 Å². The molecule has 2 aliphatic rings. The molecular weight excluding hydrogens is 268 g/mol. The number of nitrogen functional groups attached to an aromatic ring is 1. The number of benzene rings is 2. The summed E-state index contributed by atoms with van der Waals surface area (Å²) in [5, 5.41) is 0. The zero-order valence-corrected chi connectivity index (χ0v) is 11.7. The molecule has 0 aromatic heterocycles. The lowest BCUT2D eigenvalue weighted by atomic mass is 9.96. The second-order valence-corrected chi connectivity index (χ2v) is 6.37. The quantitative estimate of drug-likeness (QED) is 0.818. The van der Waals surface area contributed by atoms with Gasteiger partial charge in [-0.2, -0.15) is 0 Å². The molecular formula is C16H14N2OS. The van der Waals surface area contributed by atoms with E-state index in [1.807, 2.05) is 47.4 Å². The van der Waals surface area contributed by atoms with Crippen molar-refractivity contribution in [3.8, 4) is 0 Å². The predicted octanol–water partition coefficient (Wildman–Crippen LogP) is 2.67. The predicted molar refractivity (Wildman–Crippen MR) is 81.6 cm³/mol. The molecule has 0 spiro atoms. The zero-order valence-electron chi connectivity index (χ0n) is 10.9. The van der Waals surface area contributed by atoms with E-state index in [2.05, 4.69) is 6.07 Å². The Hall–Kier alpha value is -1.94. The normalized spacial score (nSPS) is 23.8. The van der Waals surface area contributed by atoms with Crippen molar-refractivity contribution in [2.45, 2.75) is 4.87 Å². The number of amides is 1. The lowest BCUT2D eigenvalue weighted by Gasteiger charge is -2.33. The summed E-state index contributed by atoms with van der Waals surface area (Å²) in [4.78, 5) is 14.2. The van der Waals surface area contributed by atoms with Gasteiger partial charge in [0.15, 0.2) is 0 Å². The minimum atomic E-state index is -0.432. The highest BCUT2D eigenvalue weighted by Gasteiger charge is 2.54. The number of nitrogens with zero attached hydrogens (tertiary/aromatic N) is 1. The van der Waals surface area contributed by atoms with Crippen LogP contribution in [0.15, 0.2) is 48.5 Å². The van der Waals surface area contributed by atoms with Crippen LogP contribution in [0, 0.1) is 0 Å². The molecule has 2 aliphatic heterocycles. The van der Waals surface area contributed by atoms with Crippen LogP contribution < -0.4 is 5.73 Å². The Morgan fingerprint density at radius 1 is 1.05 bits per heavy atom. The number of hydrogen-bond acceptors (Lipinski definition) is 3. The molecule has 100 valence electrons. The van der Waals surface area contributed by atoms with Gasteiger partial charge in [-0.1, -0.05) is 36.4 Å². The summed E-state index contributed by atoms with van der Waals surface area (Å²) in [7, 11) is 0. The van der Waals surface area contributed by atoms with Gasteiger partial charge in [0.05, 0.1) is 0 Å². The van der Waals surface area contributed by atoms with E-state index in [9.17, 15) is 4.79 Å². The van der Waals surface area contributed by atoms with Gasteiger partial charge in [0, 0.05) is 34.7 Å². The fourth-order valence-electron chi connectivity index (χ4n) is 3.27. The van der Waals surface area contributed by atoms with Crippen LogP contribution in [0.1, 0.15) is 21.5 Å². The molecule has 1 amide bonds. The first-order valence-electron chi connectivity index (χ1n) is 6.65. The average molecular weight is 282 g/mol. The SMILES string of the molecule is Nc1ccccc1C12SCCN1C(=O)c1ccccc12. The first-order chi connectivity index (χ1) is 9.75. The van der Waals surface area contributed by atoms with Crippen LogP contribution >= 0.6 is 11.8 Å². The van der Waals surface area contributed by atoms with Gasteiger partial charge >= 0.3 is 0 Å². The third-order valence-corrected chi connectivity index (χ3v) is 5.56. The van der Waals surface area contributed by atoms with Crippen LogP contribution in [0.3, 0.4) is 0 Å². The van der Waals surface area contributed by atoms with Crippen molar-refractivity contribution in [2.75, 3.05) is 18.0 Å². The van der Waals surface area contributed by atoms with Crippen molar-refractivity contribution in [1.29, 1.82) is 0 Å². The average Bonchev–Trinajstić information content (AvgIpc) is 3.00. The van der Waals surface area contributed by atoms with Gasteiger partial charge in [0.2, 0.25) is 0 Å². The zero-order chi connectivity index (χ0) is 13.7. The Balaban J connectivity index is 2.04. The number of nitrogens with two attached hydrogens (primary N) is 1. The Morgan fingerprint density at radius 3 is 2.55 bits per heavy atom.